The van der Waals surface area contributed by atoms with Crippen molar-refractivity contribution in [3.63, 3.8) is 0 Å². The molecule has 4 heterocycles. The van der Waals surface area contributed by atoms with Gasteiger partial charge in [-0.2, -0.15) is 5.10 Å². The Morgan fingerprint density at radius 1 is 1.12 bits per heavy atom. The third kappa shape index (κ3) is 6.04. The Balaban J connectivity index is 1.39. The zero-order valence-corrected chi connectivity index (χ0v) is 25.0. The van der Waals surface area contributed by atoms with E-state index >= 15 is 13.2 Å². The average Bonchev–Trinajstić information content (AvgIpc) is 3.75. The van der Waals surface area contributed by atoms with Crippen LogP contribution < -0.4 is 21.9 Å². The molecule has 1 saturated heterocycles. The summed E-state index contributed by atoms with van der Waals surface area (Å²) in [7, 11) is 0. The summed E-state index contributed by atoms with van der Waals surface area (Å²) in [4.78, 5) is 2.15. The first-order chi connectivity index (χ1) is 20.7. The molecule has 0 spiro atoms. The molecule has 0 radical (unpaired) electrons. The number of aromatic nitrogens is 2. The Hall–Kier alpha value is -3.37. The maximum atomic E-state index is 16.0. The highest BCUT2D eigenvalue weighted by Crippen LogP contribution is 2.49. The summed E-state index contributed by atoms with van der Waals surface area (Å²) in [5.74, 6) is 1.06. The van der Waals surface area contributed by atoms with E-state index in [9.17, 15) is 0 Å². The predicted molar refractivity (Wildman–Crippen MR) is 164 cm³/mol. The summed E-state index contributed by atoms with van der Waals surface area (Å²) in [6.07, 6.45) is 9.18. The van der Waals surface area contributed by atoms with Gasteiger partial charge < -0.3 is 16.1 Å². The molecule has 1 aromatic heterocycles. The van der Waals surface area contributed by atoms with Gasteiger partial charge in [-0.05, 0) is 87.6 Å². The van der Waals surface area contributed by atoms with E-state index in [2.05, 4.69) is 50.2 Å². The van der Waals surface area contributed by atoms with Gasteiger partial charge in [0.05, 0.1) is 17.8 Å². The molecule has 1 aliphatic carbocycles. The zero-order chi connectivity index (χ0) is 30.2. The van der Waals surface area contributed by atoms with Crippen LogP contribution in [0.15, 0.2) is 48.4 Å². The molecule has 230 valence electrons. The first-order valence-corrected chi connectivity index (χ1v) is 15.5. The van der Waals surface area contributed by atoms with Crippen molar-refractivity contribution in [2.45, 2.75) is 76.2 Å². The highest BCUT2D eigenvalue weighted by atomic mass is 19.3. The molecule has 0 amide bonds. The Morgan fingerprint density at radius 2 is 1.91 bits per heavy atom. The third-order valence-electron chi connectivity index (χ3n) is 9.75. The van der Waals surface area contributed by atoms with Crippen molar-refractivity contribution in [1.29, 1.82) is 0 Å². The Kier molecular flexibility index (Phi) is 8.26. The minimum atomic E-state index is -3.29. The van der Waals surface area contributed by atoms with Crippen LogP contribution in [-0.2, 0) is 17.8 Å². The lowest BCUT2D eigenvalue weighted by Crippen LogP contribution is -2.42. The summed E-state index contributed by atoms with van der Waals surface area (Å²) in [5.41, 5.74) is 5.83. The number of alkyl halides is 2. The van der Waals surface area contributed by atoms with Crippen molar-refractivity contribution in [3.8, 4) is 0 Å². The number of piperidine rings is 1. The normalized spacial score (nSPS) is 26.4. The largest absolute Gasteiger partial charge is 0.386 e. The van der Waals surface area contributed by atoms with Crippen LogP contribution in [0.1, 0.15) is 80.7 Å². The number of nitrogens with zero attached hydrogens (tertiary/aromatic N) is 3. The summed E-state index contributed by atoms with van der Waals surface area (Å²) in [6.45, 7) is 6.43. The molecular formula is C33H42F3N7. The van der Waals surface area contributed by atoms with Gasteiger partial charge in [0.2, 0.25) is 0 Å². The molecule has 7 rings (SSSR count). The van der Waals surface area contributed by atoms with Crippen LogP contribution >= 0.6 is 0 Å². The number of aryl methyl sites for hydroxylation is 1. The van der Waals surface area contributed by atoms with Gasteiger partial charge in [-0.3, -0.25) is 10.7 Å². The van der Waals surface area contributed by atoms with Gasteiger partial charge in [0.1, 0.15) is 5.82 Å². The summed E-state index contributed by atoms with van der Waals surface area (Å²) < 4.78 is 47.8. The van der Waals surface area contributed by atoms with Crippen molar-refractivity contribution in [2.24, 2.45) is 11.8 Å². The fourth-order valence-electron chi connectivity index (χ4n) is 6.68. The highest BCUT2D eigenvalue weighted by Gasteiger charge is 2.45. The standard InChI is InChI=1S/C33H42F3N7/c1-21-26-7-5-8-29(30(26)34)33(35,36)23-9-14-43(15-10-23)20-25(18-39-37)38-13-4-3-6-22-16-24(32(2)11-12-32)17-27-28(22)19-40-42-31(27)41-21/h5,7-8,16-19,21,23,38-39H,3-4,6,9-15,20,37H2,1-2H3,(H,41,42)/b25-18-/t21-/m1/s1. The van der Waals surface area contributed by atoms with Gasteiger partial charge in [-0.25, -0.2) is 13.2 Å². The van der Waals surface area contributed by atoms with E-state index in [1.54, 1.807) is 25.4 Å². The zero-order valence-electron chi connectivity index (χ0n) is 25.0. The number of nitrogens with two attached hydrogens (primary N) is 1. The van der Waals surface area contributed by atoms with Gasteiger partial charge in [0.15, 0.2) is 5.82 Å². The molecule has 2 fully saturated rings. The summed E-state index contributed by atoms with van der Waals surface area (Å²) in [5, 5.41) is 17.5. The molecule has 43 heavy (non-hydrogen) atoms. The van der Waals surface area contributed by atoms with Gasteiger partial charge in [0, 0.05) is 47.2 Å². The van der Waals surface area contributed by atoms with E-state index in [-0.39, 0.29) is 23.8 Å². The maximum Gasteiger partial charge on any atom is 0.278 e. The monoisotopic (exact) mass is 593 g/mol. The maximum absolute atomic E-state index is 16.0. The fraction of sp³-hybridized carbons (Fsp3) is 0.515. The van der Waals surface area contributed by atoms with Crippen molar-refractivity contribution >= 4 is 16.6 Å². The van der Waals surface area contributed by atoms with E-state index in [0.717, 1.165) is 55.1 Å². The topological polar surface area (TPSA) is 91.1 Å². The van der Waals surface area contributed by atoms with Crippen LogP contribution in [0.2, 0.25) is 0 Å². The van der Waals surface area contributed by atoms with Gasteiger partial charge >= 0.3 is 0 Å². The number of hydrazine groups is 1. The van der Waals surface area contributed by atoms with Gasteiger partial charge in [0.25, 0.3) is 5.92 Å². The summed E-state index contributed by atoms with van der Waals surface area (Å²) >= 11 is 0. The van der Waals surface area contributed by atoms with E-state index in [4.69, 9.17) is 5.84 Å². The van der Waals surface area contributed by atoms with Crippen LogP contribution in [-0.4, -0.2) is 41.3 Å². The predicted octanol–water partition coefficient (Wildman–Crippen LogP) is 6.03. The molecule has 10 heteroatoms. The quantitative estimate of drug-likeness (QED) is 0.213. The molecule has 0 unspecified atom stereocenters. The van der Waals surface area contributed by atoms with Gasteiger partial charge in [-0.1, -0.05) is 31.2 Å². The van der Waals surface area contributed by atoms with E-state index in [1.807, 2.05) is 0 Å². The summed E-state index contributed by atoms with van der Waals surface area (Å²) in [6, 6.07) is 8.24. The van der Waals surface area contributed by atoms with Gasteiger partial charge in [-0.15, -0.1) is 5.10 Å². The third-order valence-corrected chi connectivity index (χ3v) is 9.75. The van der Waals surface area contributed by atoms with Crippen LogP contribution in [0.25, 0.3) is 10.8 Å². The van der Waals surface area contributed by atoms with Crippen molar-refractivity contribution in [2.75, 3.05) is 31.5 Å². The van der Waals surface area contributed by atoms with Crippen LogP contribution in [0, 0.1) is 11.7 Å². The lowest BCUT2D eigenvalue weighted by molar-refractivity contribution is -0.0874. The molecule has 2 aromatic carbocycles. The second kappa shape index (κ2) is 12.0. The molecule has 3 aliphatic heterocycles. The first kappa shape index (κ1) is 29.7. The Labute approximate surface area is 251 Å². The van der Waals surface area contributed by atoms with E-state index < -0.39 is 29.3 Å². The Bertz CT molecular complexity index is 1500. The minimum absolute atomic E-state index is 0.137. The lowest BCUT2D eigenvalue weighted by Gasteiger charge is -2.36. The number of fused-ring (bicyclic) bond motifs is 9. The first-order valence-electron chi connectivity index (χ1n) is 15.5. The van der Waals surface area contributed by atoms with E-state index in [0.29, 0.717) is 25.5 Å². The fourth-order valence-corrected chi connectivity index (χ4v) is 6.68. The van der Waals surface area contributed by atoms with Crippen molar-refractivity contribution in [3.05, 3.63) is 76.5 Å². The minimum Gasteiger partial charge on any atom is -0.386 e. The number of hydrogen-bond donors (Lipinski definition) is 4. The van der Waals surface area contributed by atoms with Crippen molar-refractivity contribution < 1.29 is 13.2 Å². The van der Waals surface area contributed by atoms with Crippen LogP contribution in [0.4, 0.5) is 19.0 Å². The highest BCUT2D eigenvalue weighted by molar-refractivity contribution is 5.94. The molecule has 3 aromatic rings. The van der Waals surface area contributed by atoms with Crippen LogP contribution in [0.5, 0.6) is 0 Å². The Morgan fingerprint density at radius 3 is 2.65 bits per heavy atom. The second-order valence-electron chi connectivity index (χ2n) is 12.8. The molecule has 8 bridgehead atoms. The number of rotatable bonds is 2. The lowest BCUT2D eigenvalue weighted by atomic mass is 9.85. The van der Waals surface area contributed by atoms with Crippen molar-refractivity contribution in [1.82, 2.24) is 25.8 Å². The molecule has 7 nitrogen and oxygen atoms in total. The molecule has 1 saturated carbocycles. The van der Waals surface area contributed by atoms with Crippen LogP contribution in [0.3, 0.4) is 0 Å². The number of anilines is 1. The smallest absolute Gasteiger partial charge is 0.278 e. The molecular weight excluding hydrogens is 551 g/mol. The second-order valence-corrected chi connectivity index (χ2v) is 12.8. The number of halogens is 3. The molecule has 5 N–H and O–H groups in total. The van der Waals surface area contributed by atoms with E-state index in [1.165, 1.54) is 23.3 Å². The number of hydrogen-bond acceptors (Lipinski definition) is 7. The SMILES string of the molecule is C[C@H]1Nc2nncc3c(cc(C4(C)CC4)cc23)CCCCN/C(=C\NN)CN2CCC(CC2)C(F)(F)c2cccc1c2F. The molecule has 1 atom stereocenters. The number of benzene rings is 2. The average molecular weight is 594 g/mol. The molecule has 4 aliphatic rings. The number of nitrogens with one attached hydrogen (secondary N) is 3.